The molecule has 2 saturated heterocycles. The number of aliphatic hydroxyl groups excluding tert-OH is 2. The predicted octanol–water partition coefficient (Wildman–Crippen LogP) is 1.03. The Hall–Kier alpha value is -1.43. The molecule has 0 aliphatic carbocycles. The van der Waals surface area contributed by atoms with Gasteiger partial charge in [-0.1, -0.05) is 18.2 Å². The smallest absolute Gasteiger partial charge is 0.254 e. The lowest BCUT2D eigenvalue weighted by atomic mass is 9.96. The first kappa shape index (κ1) is 16.4. The number of aliphatic hydroxyl groups is 2. The van der Waals surface area contributed by atoms with Crippen molar-refractivity contribution in [3.8, 4) is 0 Å². The van der Waals surface area contributed by atoms with Gasteiger partial charge in [-0.05, 0) is 37.8 Å². The summed E-state index contributed by atoms with van der Waals surface area (Å²) in [5, 5.41) is 20.1. The molecule has 0 unspecified atom stereocenters. The molecule has 0 saturated carbocycles. The highest BCUT2D eigenvalue weighted by Gasteiger charge is 2.35. The highest BCUT2D eigenvalue weighted by molar-refractivity contribution is 5.95. The summed E-state index contributed by atoms with van der Waals surface area (Å²) in [4.78, 5) is 16.7. The van der Waals surface area contributed by atoms with Gasteiger partial charge >= 0.3 is 0 Å². The summed E-state index contributed by atoms with van der Waals surface area (Å²) in [6, 6.07) is 7.70. The van der Waals surface area contributed by atoms with E-state index >= 15 is 0 Å². The van der Waals surface area contributed by atoms with E-state index in [-0.39, 0.29) is 18.1 Å². The molecule has 0 aromatic heterocycles. The van der Waals surface area contributed by atoms with Gasteiger partial charge in [-0.2, -0.15) is 0 Å². The Balaban J connectivity index is 1.62. The minimum Gasteiger partial charge on any atom is -0.393 e. The molecular formula is C18H26N2O3. The molecule has 5 heteroatoms. The monoisotopic (exact) mass is 318 g/mol. The van der Waals surface area contributed by atoms with Crippen LogP contribution in [0.1, 0.15) is 35.2 Å². The van der Waals surface area contributed by atoms with Crippen LogP contribution in [-0.2, 0) is 0 Å². The molecule has 2 atom stereocenters. The fraction of sp³-hybridized carbons (Fsp3) is 0.611. The lowest BCUT2D eigenvalue weighted by Crippen LogP contribution is -2.57. The topological polar surface area (TPSA) is 64.0 Å². The fourth-order valence-corrected chi connectivity index (χ4v) is 3.73. The highest BCUT2D eigenvalue weighted by Crippen LogP contribution is 2.23. The SMILES string of the molecule is Cc1ccccc1C(=O)N1CC[C@@H](N2CCC(O)CC2)[C@H](O)C1. The molecule has 2 fully saturated rings. The first-order valence-electron chi connectivity index (χ1n) is 8.51. The molecule has 23 heavy (non-hydrogen) atoms. The average Bonchev–Trinajstić information content (AvgIpc) is 2.55. The summed E-state index contributed by atoms with van der Waals surface area (Å²) in [7, 11) is 0. The van der Waals surface area contributed by atoms with E-state index in [1.165, 1.54) is 0 Å². The number of carbonyl (C=O) groups excluding carboxylic acids is 1. The van der Waals surface area contributed by atoms with Crippen molar-refractivity contribution in [3.05, 3.63) is 35.4 Å². The van der Waals surface area contributed by atoms with Gasteiger partial charge in [0.05, 0.1) is 12.2 Å². The number of β-amino-alcohol motifs (C(OH)–C–C–N with tert-alkyl or cyclic N) is 1. The van der Waals surface area contributed by atoms with Crippen molar-refractivity contribution < 1.29 is 15.0 Å². The number of amides is 1. The Kier molecular flexibility index (Phi) is 4.99. The van der Waals surface area contributed by atoms with E-state index in [2.05, 4.69) is 4.90 Å². The number of rotatable bonds is 2. The van der Waals surface area contributed by atoms with Crippen molar-refractivity contribution in [2.75, 3.05) is 26.2 Å². The number of nitrogens with zero attached hydrogens (tertiary/aromatic N) is 2. The number of piperidine rings is 2. The maximum atomic E-state index is 12.7. The van der Waals surface area contributed by atoms with Crippen LogP contribution in [0.2, 0.25) is 0 Å². The summed E-state index contributed by atoms with van der Waals surface area (Å²) in [6.07, 6.45) is 1.61. The Labute approximate surface area is 137 Å². The third kappa shape index (κ3) is 3.57. The van der Waals surface area contributed by atoms with Gasteiger partial charge in [0.2, 0.25) is 0 Å². The summed E-state index contributed by atoms with van der Waals surface area (Å²) in [5.74, 6) is 0.00895. The van der Waals surface area contributed by atoms with Crippen molar-refractivity contribution >= 4 is 5.91 Å². The molecule has 1 amide bonds. The van der Waals surface area contributed by atoms with Crippen LogP contribution in [0.15, 0.2) is 24.3 Å². The van der Waals surface area contributed by atoms with E-state index in [1.807, 2.05) is 31.2 Å². The van der Waals surface area contributed by atoms with E-state index in [9.17, 15) is 15.0 Å². The molecule has 2 N–H and O–H groups in total. The van der Waals surface area contributed by atoms with E-state index in [0.29, 0.717) is 13.1 Å². The van der Waals surface area contributed by atoms with Gasteiger partial charge in [0.1, 0.15) is 0 Å². The number of hydrogen-bond acceptors (Lipinski definition) is 4. The standard InChI is InChI=1S/C18H26N2O3/c1-13-4-2-3-5-15(13)18(23)20-11-8-16(17(22)12-20)19-9-6-14(21)7-10-19/h2-5,14,16-17,21-22H,6-12H2,1H3/t16-,17-/m1/s1. The normalized spacial score (nSPS) is 27.2. The van der Waals surface area contributed by atoms with Crippen LogP contribution in [0.25, 0.3) is 0 Å². The second-order valence-corrected chi connectivity index (χ2v) is 6.76. The number of hydrogen-bond donors (Lipinski definition) is 2. The van der Waals surface area contributed by atoms with E-state index < -0.39 is 6.10 Å². The van der Waals surface area contributed by atoms with Gasteiger partial charge in [-0.3, -0.25) is 9.69 Å². The zero-order valence-electron chi connectivity index (χ0n) is 13.7. The lowest BCUT2D eigenvalue weighted by Gasteiger charge is -2.43. The molecule has 1 aromatic rings. The Morgan fingerprint density at radius 2 is 1.78 bits per heavy atom. The van der Waals surface area contributed by atoms with Gasteiger partial charge in [-0.25, -0.2) is 0 Å². The second-order valence-electron chi connectivity index (χ2n) is 6.76. The first-order valence-corrected chi connectivity index (χ1v) is 8.51. The molecule has 2 heterocycles. The highest BCUT2D eigenvalue weighted by atomic mass is 16.3. The molecule has 1 aromatic carbocycles. The number of likely N-dealkylation sites (tertiary alicyclic amines) is 2. The molecule has 2 aliphatic rings. The zero-order valence-corrected chi connectivity index (χ0v) is 13.7. The molecule has 0 spiro atoms. The summed E-state index contributed by atoms with van der Waals surface area (Å²) >= 11 is 0. The first-order chi connectivity index (χ1) is 11.1. The van der Waals surface area contributed by atoms with Crippen LogP contribution in [0.3, 0.4) is 0 Å². The van der Waals surface area contributed by atoms with Crippen LogP contribution in [0.5, 0.6) is 0 Å². The number of benzene rings is 1. The van der Waals surface area contributed by atoms with E-state index in [1.54, 1.807) is 4.90 Å². The average molecular weight is 318 g/mol. The van der Waals surface area contributed by atoms with Crippen molar-refractivity contribution in [3.63, 3.8) is 0 Å². The maximum Gasteiger partial charge on any atom is 0.254 e. The second kappa shape index (κ2) is 6.99. The molecule has 2 aliphatic heterocycles. The van der Waals surface area contributed by atoms with Gasteiger partial charge in [0.25, 0.3) is 5.91 Å². The molecule has 0 radical (unpaired) electrons. The number of aryl methyl sites for hydroxylation is 1. The van der Waals surface area contributed by atoms with Crippen molar-refractivity contribution in [1.29, 1.82) is 0 Å². The van der Waals surface area contributed by atoms with Crippen LogP contribution in [-0.4, -0.2) is 70.3 Å². The molecule has 0 bridgehead atoms. The Morgan fingerprint density at radius 3 is 2.43 bits per heavy atom. The van der Waals surface area contributed by atoms with Gasteiger partial charge in [0.15, 0.2) is 0 Å². The third-order valence-corrected chi connectivity index (χ3v) is 5.18. The summed E-state index contributed by atoms with van der Waals surface area (Å²) < 4.78 is 0. The Bertz CT molecular complexity index is 555. The van der Waals surface area contributed by atoms with Crippen molar-refractivity contribution in [2.45, 2.75) is 44.4 Å². The van der Waals surface area contributed by atoms with Crippen LogP contribution in [0, 0.1) is 6.92 Å². The fourth-order valence-electron chi connectivity index (χ4n) is 3.73. The van der Waals surface area contributed by atoms with Crippen molar-refractivity contribution in [1.82, 2.24) is 9.80 Å². The molecule has 126 valence electrons. The molecule has 3 rings (SSSR count). The van der Waals surface area contributed by atoms with E-state index in [0.717, 1.165) is 43.5 Å². The van der Waals surface area contributed by atoms with Crippen molar-refractivity contribution in [2.24, 2.45) is 0 Å². The molecule has 5 nitrogen and oxygen atoms in total. The largest absolute Gasteiger partial charge is 0.393 e. The lowest BCUT2D eigenvalue weighted by molar-refractivity contribution is -0.0291. The van der Waals surface area contributed by atoms with Crippen LogP contribution < -0.4 is 0 Å². The van der Waals surface area contributed by atoms with Crippen LogP contribution in [0.4, 0.5) is 0 Å². The quantitative estimate of drug-likeness (QED) is 0.855. The van der Waals surface area contributed by atoms with Gasteiger partial charge < -0.3 is 15.1 Å². The van der Waals surface area contributed by atoms with Gasteiger partial charge in [-0.15, -0.1) is 0 Å². The Morgan fingerprint density at radius 1 is 1.09 bits per heavy atom. The predicted molar refractivity (Wildman–Crippen MR) is 88.3 cm³/mol. The summed E-state index contributed by atoms with van der Waals surface area (Å²) in [5.41, 5.74) is 1.69. The summed E-state index contributed by atoms with van der Waals surface area (Å²) in [6.45, 7) is 4.66. The van der Waals surface area contributed by atoms with Gasteiger partial charge in [0, 0.05) is 37.8 Å². The minimum absolute atomic E-state index is 0.00895. The minimum atomic E-state index is -0.521. The zero-order chi connectivity index (χ0) is 16.4. The third-order valence-electron chi connectivity index (χ3n) is 5.18. The number of carbonyl (C=O) groups is 1. The van der Waals surface area contributed by atoms with E-state index in [4.69, 9.17) is 0 Å². The maximum absolute atomic E-state index is 12.7. The van der Waals surface area contributed by atoms with Crippen LogP contribution >= 0.6 is 0 Å². The molecular weight excluding hydrogens is 292 g/mol.